The average Bonchev–Trinajstić information content (AvgIpc) is 3.36. The van der Waals surface area contributed by atoms with E-state index in [0.29, 0.717) is 22.5 Å². The summed E-state index contributed by atoms with van der Waals surface area (Å²) in [6.07, 6.45) is 0. The van der Waals surface area contributed by atoms with E-state index >= 15 is 0 Å². The van der Waals surface area contributed by atoms with E-state index in [4.69, 9.17) is 31.0 Å². The highest BCUT2D eigenvalue weighted by molar-refractivity contribution is 6.30. The summed E-state index contributed by atoms with van der Waals surface area (Å²) in [6, 6.07) is 40.1. The molecule has 0 bridgehead atoms. The smallest absolute Gasteiger partial charge is 0.164 e. The molecule has 0 aliphatic rings. The van der Waals surface area contributed by atoms with Crippen LogP contribution in [0.5, 0.6) is 0 Å². The van der Waals surface area contributed by atoms with Gasteiger partial charge in [0.05, 0.1) is 0 Å². The maximum atomic E-state index is 6.33. The van der Waals surface area contributed by atoms with Crippen LogP contribution in [0.1, 0.15) is 0 Å². The molecular formula is C33H20ClN3O. The zero-order chi connectivity index (χ0) is 25.5. The van der Waals surface area contributed by atoms with E-state index in [0.717, 1.165) is 49.8 Å². The van der Waals surface area contributed by atoms with Gasteiger partial charge in [0.25, 0.3) is 0 Å². The largest absolute Gasteiger partial charge is 0.456 e. The van der Waals surface area contributed by atoms with Crippen LogP contribution in [0.2, 0.25) is 5.02 Å². The van der Waals surface area contributed by atoms with Crippen LogP contribution in [0.15, 0.2) is 126 Å². The number of rotatable bonds is 4. The van der Waals surface area contributed by atoms with Crippen molar-refractivity contribution in [2.75, 3.05) is 0 Å². The molecule has 4 nitrogen and oxygen atoms in total. The third kappa shape index (κ3) is 4.01. The van der Waals surface area contributed by atoms with Crippen LogP contribution in [0.3, 0.4) is 0 Å². The van der Waals surface area contributed by atoms with Crippen molar-refractivity contribution in [1.29, 1.82) is 0 Å². The summed E-state index contributed by atoms with van der Waals surface area (Å²) in [7, 11) is 0. The van der Waals surface area contributed by atoms with Gasteiger partial charge in [-0.2, -0.15) is 0 Å². The molecule has 0 amide bonds. The van der Waals surface area contributed by atoms with Crippen molar-refractivity contribution < 1.29 is 4.42 Å². The molecule has 180 valence electrons. The Bertz CT molecular complexity index is 1930. The number of hydrogen-bond donors (Lipinski definition) is 0. The van der Waals surface area contributed by atoms with E-state index < -0.39 is 0 Å². The van der Waals surface area contributed by atoms with Crippen molar-refractivity contribution in [3.8, 4) is 45.3 Å². The summed E-state index contributed by atoms with van der Waals surface area (Å²) in [6.45, 7) is 0. The predicted octanol–water partition coefficient (Wildman–Crippen LogP) is 9.09. The van der Waals surface area contributed by atoms with Crippen LogP contribution >= 0.6 is 11.6 Å². The lowest BCUT2D eigenvalue weighted by atomic mass is 10.0. The highest BCUT2D eigenvalue weighted by atomic mass is 35.5. The number of halogens is 1. The highest BCUT2D eigenvalue weighted by Gasteiger charge is 2.18. The highest BCUT2D eigenvalue weighted by Crippen LogP contribution is 2.38. The average molecular weight is 510 g/mol. The van der Waals surface area contributed by atoms with Crippen molar-refractivity contribution in [2.45, 2.75) is 0 Å². The fourth-order valence-corrected chi connectivity index (χ4v) is 4.98. The monoisotopic (exact) mass is 509 g/mol. The first-order chi connectivity index (χ1) is 18.7. The summed E-state index contributed by atoms with van der Waals surface area (Å²) in [4.78, 5) is 14.7. The first-order valence-corrected chi connectivity index (χ1v) is 12.7. The first-order valence-electron chi connectivity index (χ1n) is 12.3. The van der Waals surface area contributed by atoms with Gasteiger partial charge in [0.15, 0.2) is 17.5 Å². The summed E-state index contributed by atoms with van der Waals surface area (Å²) in [5, 5.41) is 2.62. The number of furan rings is 1. The second-order valence-electron chi connectivity index (χ2n) is 9.04. The van der Waals surface area contributed by atoms with Gasteiger partial charge in [0.2, 0.25) is 0 Å². The van der Waals surface area contributed by atoms with Gasteiger partial charge in [-0.25, -0.2) is 15.0 Å². The maximum Gasteiger partial charge on any atom is 0.164 e. The Hall–Kier alpha value is -4.80. The van der Waals surface area contributed by atoms with E-state index in [-0.39, 0.29) is 0 Å². The van der Waals surface area contributed by atoms with Gasteiger partial charge in [-0.1, -0.05) is 103 Å². The van der Waals surface area contributed by atoms with Gasteiger partial charge in [-0.3, -0.25) is 0 Å². The van der Waals surface area contributed by atoms with E-state index in [2.05, 4.69) is 30.3 Å². The van der Waals surface area contributed by atoms with Crippen LogP contribution in [0, 0.1) is 0 Å². The molecule has 0 saturated heterocycles. The fraction of sp³-hybridized carbons (Fsp3) is 0. The molecule has 0 aliphatic carbocycles. The van der Waals surface area contributed by atoms with Gasteiger partial charge >= 0.3 is 0 Å². The summed E-state index contributed by atoms with van der Waals surface area (Å²) < 4.78 is 6.33. The minimum Gasteiger partial charge on any atom is -0.456 e. The third-order valence-corrected chi connectivity index (χ3v) is 6.83. The minimum absolute atomic E-state index is 0.563. The molecule has 7 rings (SSSR count). The molecule has 0 spiro atoms. The number of hydrogen-bond acceptors (Lipinski definition) is 4. The van der Waals surface area contributed by atoms with Gasteiger partial charge in [0.1, 0.15) is 11.2 Å². The molecule has 5 aromatic carbocycles. The molecule has 0 radical (unpaired) electrons. The quantitative estimate of drug-likeness (QED) is 0.237. The fourth-order valence-electron chi connectivity index (χ4n) is 4.79. The Morgan fingerprint density at radius 1 is 0.474 bits per heavy atom. The summed E-state index contributed by atoms with van der Waals surface area (Å²) >= 11 is 6.31. The molecular weight excluding hydrogens is 490 g/mol. The Morgan fingerprint density at radius 3 is 1.89 bits per heavy atom. The van der Waals surface area contributed by atoms with Gasteiger partial charge in [-0.05, 0) is 41.5 Å². The topological polar surface area (TPSA) is 51.8 Å². The molecule has 0 fully saturated rings. The van der Waals surface area contributed by atoms with Crippen LogP contribution in [0.25, 0.3) is 67.2 Å². The van der Waals surface area contributed by atoms with E-state index in [1.54, 1.807) is 0 Å². The molecule has 2 heterocycles. The number of aromatic nitrogens is 3. The minimum atomic E-state index is 0.563. The molecule has 0 N–H and O–H groups in total. The molecule has 38 heavy (non-hydrogen) atoms. The predicted molar refractivity (Wildman–Crippen MR) is 154 cm³/mol. The SMILES string of the molecule is Clc1cccc(-c2nc(-c3ccccc3)nc(-c3cccc4oc5cc(-c6ccccc6)ccc5c34)n2)c1. The zero-order valence-corrected chi connectivity index (χ0v) is 20.9. The van der Waals surface area contributed by atoms with E-state index in [9.17, 15) is 0 Å². The van der Waals surface area contributed by atoms with Crippen molar-refractivity contribution in [2.24, 2.45) is 0 Å². The number of nitrogens with zero attached hydrogens (tertiary/aromatic N) is 3. The molecule has 5 heteroatoms. The molecule has 0 saturated carbocycles. The maximum absolute atomic E-state index is 6.33. The molecule has 0 unspecified atom stereocenters. The molecule has 2 aromatic heterocycles. The second-order valence-corrected chi connectivity index (χ2v) is 9.48. The number of benzene rings is 5. The standard InChI is InChI=1S/C33H20ClN3O/c34-25-14-7-13-24(19-25)32-35-31(22-11-5-2-6-12-22)36-33(37-32)27-15-8-16-28-30(27)26-18-17-23(20-29(26)38-28)21-9-3-1-4-10-21/h1-20H. The van der Waals surface area contributed by atoms with Gasteiger partial charge in [-0.15, -0.1) is 0 Å². The Balaban J connectivity index is 1.46. The number of fused-ring (bicyclic) bond motifs is 3. The van der Waals surface area contributed by atoms with Gasteiger partial charge in [0, 0.05) is 32.5 Å². The van der Waals surface area contributed by atoms with Crippen molar-refractivity contribution in [3.63, 3.8) is 0 Å². The normalized spacial score (nSPS) is 11.3. The lowest BCUT2D eigenvalue weighted by molar-refractivity contribution is 0.669. The lowest BCUT2D eigenvalue weighted by Crippen LogP contribution is -2.00. The summed E-state index contributed by atoms with van der Waals surface area (Å²) in [5.74, 6) is 1.74. The van der Waals surface area contributed by atoms with Crippen molar-refractivity contribution >= 4 is 33.5 Å². The second kappa shape index (κ2) is 9.25. The Morgan fingerprint density at radius 2 is 1.13 bits per heavy atom. The molecule has 0 aliphatic heterocycles. The van der Waals surface area contributed by atoms with Crippen LogP contribution in [0.4, 0.5) is 0 Å². The lowest BCUT2D eigenvalue weighted by Gasteiger charge is -2.09. The van der Waals surface area contributed by atoms with Crippen LogP contribution in [-0.4, -0.2) is 15.0 Å². The summed E-state index contributed by atoms with van der Waals surface area (Å²) in [5.41, 5.74) is 6.48. The first kappa shape index (κ1) is 22.4. The van der Waals surface area contributed by atoms with E-state index in [1.165, 1.54) is 0 Å². The van der Waals surface area contributed by atoms with Gasteiger partial charge < -0.3 is 4.42 Å². The molecule has 0 atom stereocenters. The van der Waals surface area contributed by atoms with Crippen molar-refractivity contribution in [1.82, 2.24) is 15.0 Å². The van der Waals surface area contributed by atoms with Crippen LogP contribution < -0.4 is 0 Å². The Kier molecular flexibility index (Phi) is 5.46. The van der Waals surface area contributed by atoms with Crippen molar-refractivity contribution in [3.05, 3.63) is 126 Å². The van der Waals surface area contributed by atoms with Crippen LogP contribution in [-0.2, 0) is 0 Å². The third-order valence-electron chi connectivity index (χ3n) is 6.60. The Labute approximate surface area is 224 Å². The van der Waals surface area contributed by atoms with E-state index in [1.807, 2.05) is 91.0 Å². The zero-order valence-electron chi connectivity index (χ0n) is 20.2. The molecule has 7 aromatic rings.